The van der Waals surface area contributed by atoms with Crippen LogP contribution in [-0.2, 0) is 14.9 Å². The van der Waals surface area contributed by atoms with Crippen molar-refractivity contribution >= 4 is 38.5 Å². The summed E-state index contributed by atoms with van der Waals surface area (Å²) in [5, 5.41) is 4.98. The van der Waals surface area contributed by atoms with Crippen LogP contribution in [0.2, 0.25) is 0 Å². The predicted molar refractivity (Wildman–Crippen MR) is 141 cm³/mol. The first-order chi connectivity index (χ1) is 18.0. The van der Waals surface area contributed by atoms with E-state index in [0.717, 1.165) is 20.5 Å². The fourth-order valence-electron chi connectivity index (χ4n) is 4.01. The van der Waals surface area contributed by atoms with Crippen molar-refractivity contribution in [2.24, 2.45) is 0 Å². The van der Waals surface area contributed by atoms with Crippen molar-refractivity contribution in [2.75, 3.05) is 31.5 Å². The third kappa shape index (κ3) is 5.19. The number of aromatic nitrogens is 4. The van der Waals surface area contributed by atoms with Gasteiger partial charge in [0.2, 0.25) is 5.95 Å². The number of nitrogens with zero attached hydrogens (tertiary/aromatic N) is 6. The van der Waals surface area contributed by atoms with Gasteiger partial charge in [-0.25, -0.2) is 24.1 Å². The minimum absolute atomic E-state index is 0.0211. The summed E-state index contributed by atoms with van der Waals surface area (Å²) < 4.78 is 48.3. The van der Waals surface area contributed by atoms with Gasteiger partial charge < -0.3 is 10.1 Å². The van der Waals surface area contributed by atoms with Gasteiger partial charge in [0.05, 0.1) is 17.9 Å². The van der Waals surface area contributed by atoms with E-state index in [-0.39, 0.29) is 32.0 Å². The molecule has 11 nitrogen and oxygen atoms in total. The molecule has 1 aromatic carbocycles. The number of anilines is 1. The summed E-state index contributed by atoms with van der Waals surface area (Å²) >= 11 is 1.47. The number of thiazole rings is 1. The summed E-state index contributed by atoms with van der Waals surface area (Å²) in [6.45, 7) is 5.55. The van der Waals surface area contributed by atoms with E-state index in [1.165, 1.54) is 27.8 Å². The zero-order chi connectivity index (χ0) is 27.1. The van der Waals surface area contributed by atoms with Crippen LogP contribution in [-0.4, -0.2) is 74.3 Å². The van der Waals surface area contributed by atoms with Crippen molar-refractivity contribution in [1.29, 1.82) is 0 Å². The normalized spacial score (nSPS) is 15.7. The van der Waals surface area contributed by atoms with Crippen LogP contribution in [0.1, 0.15) is 20.8 Å². The molecule has 1 fully saturated rings. The highest BCUT2D eigenvalue weighted by Gasteiger charge is 2.41. The lowest BCUT2D eigenvalue weighted by atomic mass is 10.1. The average Bonchev–Trinajstić information content (AvgIpc) is 3.51. The molecule has 1 saturated heterocycles. The first-order valence-electron chi connectivity index (χ1n) is 11.8. The number of halogens is 1. The van der Waals surface area contributed by atoms with Gasteiger partial charge in [-0.2, -0.15) is 17.0 Å². The number of benzene rings is 1. The Kier molecular flexibility index (Phi) is 6.79. The number of fused-ring (bicyclic) bond motifs is 1. The van der Waals surface area contributed by atoms with Gasteiger partial charge in [0, 0.05) is 43.0 Å². The molecule has 14 heteroatoms. The molecule has 0 bridgehead atoms. The van der Waals surface area contributed by atoms with Crippen molar-refractivity contribution < 1.29 is 22.3 Å². The molecule has 4 aromatic rings. The van der Waals surface area contributed by atoms with Crippen LogP contribution in [0.5, 0.6) is 0 Å². The summed E-state index contributed by atoms with van der Waals surface area (Å²) in [5.41, 5.74) is 1.93. The Hall–Kier alpha value is -3.62. The quantitative estimate of drug-likeness (QED) is 0.378. The summed E-state index contributed by atoms with van der Waals surface area (Å²) in [7, 11) is -3.98. The van der Waals surface area contributed by atoms with E-state index in [1.54, 1.807) is 45.2 Å². The van der Waals surface area contributed by atoms with Gasteiger partial charge in [-0.15, -0.1) is 11.3 Å². The Bertz CT molecular complexity index is 1580. The number of imidazole rings is 1. The smallest absolute Gasteiger partial charge is 0.425 e. The minimum Gasteiger partial charge on any atom is -0.443 e. The zero-order valence-corrected chi connectivity index (χ0v) is 22.6. The molecule has 1 amide bonds. The van der Waals surface area contributed by atoms with E-state index >= 15 is 0 Å². The van der Waals surface area contributed by atoms with E-state index in [0.29, 0.717) is 17.3 Å². The second-order valence-corrected chi connectivity index (χ2v) is 12.2. The van der Waals surface area contributed by atoms with E-state index in [2.05, 4.69) is 15.3 Å². The van der Waals surface area contributed by atoms with Gasteiger partial charge in [-0.3, -0.25) is 4.40 Å². The van der Waals surface area contributed by atoms with Crippen LogP contribution in [0, 0.1) is 5.82 Å². The standard InChI is InChI=1S/C24H26FN7O4S2/c1-24(2,3)36-23(33)32-13-12-30(38(32,34)35)11-10-27-21-26-9-8-18(28-21)20-19(16-4-6-17(25)7-5-16)29-22-31(20)14-15-37-22/h4-9,14-15H,10-13H2,1-3H3,(H,26,27,28). The Morgan fingerprint density at radius 3 is 2.66 bits per heavy atom. The lowest BCUT2D eigenvalue weighted by molar-refractivity contribution is 0.0405. The number of nitrogens with one attached hydrogen (secondary N) is 1. The highest BCUT2D eigenvalue weighted by atomic mass is 32.2. The number of hydrogen-bond acceptors (Lipinski definition) is 9. The second kappa shape index (κ2) is 9.93. The molecule has 1 aliphatic rings. The molecule has 1 aliphatic heterocycles. The minimum atomic E-state index is -3.98. The van der Waals surface area contributed by atoms with Crippen molar-refractivity contribution in [3.63, 3.8) is 0 Å². The number of ether oxygens (including phenoxy) is 1. The largest absolute Gasteiger partial charge is 0.443 e. The summed E-state index contributed by atoms with van der Waals surface area (Å²) in [4.78, 5) is 26.7. The Morgan fingerprint density at radius 2 is 1.92 bits per heavy atom. The molecule has 0 atom stereocenters. The van der Waals surface area contributed by atoms with Crippen LogP contribution in [0.25, 0.3) is 27.6 Å². The number of rotatable bonds is 6. The van der Waals surface area contributed by atoms with Crippen molar-refractivity contribution in [3.8, 4) is 22.6 Å². The van der Waals surface area contributed by atoms with E-state index < -0.39 is 21.9 Å². The average molecular weight is 560 g/mol. The SMILES string of the molecule is CC(C)(C)OC(=O)N1CCN(CCNc2nccc(-c3c(-c4ccc(F)cc4)nc4sccn34)n2)S1(=O)=O. The predicted octanol–water partition coefficient (Wildman–Crippen LogP) is 3.87. The summed E-state index contributed by atoms with van der Waals surface area (Å²) in [5.74, 6) is -0.0302. The first kappa shape index (κ1) is 26.0. The van der Waals surface area contributed by atoms with Crippen molar-refractivity contribution in [3.05, 3.63) is 53.9 Å². The van der Waals surface area contributed by atoms with Gasteiger partial charge >= 0.3 is 16.3 Å². The van der Waals surface area contributed by atoms with E-state index in [4.69, 9.17) is 9.72 Å². The molecule has 38 heavy (non-hydrogen) atoms. The van der Waals surface area contributed by atoms with Crippen LogP contribution in [0.3, 0.4) is 0 Å². The van der Waals surface area contributed by atoms with E-state index in [9.17, 15) is 17.6 Å². The maximum atomic E-state index is 13.5. The first-order valence-corrected chi connectivity index (χ1v) is 14.1. The molecule has 200 valence electrons. The molecule has 0 saturated carbocycles. The third-order valence-electron chi connectivity index (χ3n) is 5.68. The molecule has 3 aromatic heterocycles. The van der Waals surface area contributed by atoms with Crippen molar-refractivity contribution in [1.82, 2.24) is 28.0 Å². The summed E-state index contributed by atoms with van der Waals surface area (Å²) in [6.07, 6.45) is 2.60. The molecule has 5 rings (SSSR count). The van der Waals surface area contributed by atoms with Gasteiger partial charge in [-0.1, -0.05) is 0 Å². The Labute approximate surface area is 223 Å². The topological polar surface area (TPSA) is 122 Å². The summed E-state index contributed by atoms with van der Waals surface area (Å²) in [6, 6.07) is 7.86. The Morgan fingerprint density at radius 1 is 1.16 bits per heavy atom. The van der Waals surface area contributed by atoms with Crippen LogP contribution < -0.4 is 5.32 Å². The fraction of sp³-hybridized carbons (Fsp3) is 0.333. The molecular formula is C24H26FN7O4S2. The van der Waals surface area contributed by atoms with E-state index in [1.807, 2.05) is 16.0 Å². The lowest BCUT2D eigenvalue weighted by Gasteiger charge is -2.24. The second-order valence-electron chi connectivity index (χ2n) is 9.52. The maximum absolute atomic E-state index is 13.5. The Balaban J connectivity index is 1.31. The van der Waals surface area contributed by atoms with Crippen LogP contribution in [0.4, 0.5) is 15.1 Å². The third-order valence-corrected chi connectivity index (χ3v) is 8.34. The number of hydrogen-bond donors (Lipinski definition) is 1. The molecule has 1 N–H and O–H groups in total. The van der Waals surface area contributed by atoms with Gasteiger partial charge in [0.15, 0.2) is 4.96 Å². The highest BCUT2D eigenvalue weighted by Crippen LogP contribution is 2.33. The van der Waals surface area contributed by atoms with Crippen LogP contribution in [0.15, 0.2) is 48.1 Å². The number of carbonyl (C=O) groups excluding carboxylic acids is 1. The fourth-order valence-corrected chi connectivity index (χ4v) is 6.17. The van der Waals surface area contributed by atoms with Gasteiger partial charge in [0.25, 0.3) is 0 Å². The highest BCUT2D eigenvalue weighted by molar-refractivity contribution is 7.87. The molecular weight excluding hydrogens is 533 g/mol. The molecule has 4 heterocycles. The molecule has 0 aliphatic carbocycles. The lowest BCUT2D eigenvalue weighted by Crippen LogP contribution is -2.41. The number of amides is 1. The number of carbonyl (C=O) groups is 1. The molecule has 0 radical (unpaired) electrons. The molecule has 0 unspecified atom stereocenters. The van der Waals surface area contributed by atoms with Gasteiger partial charge in [0.1, 0.15) is 17.1 Å². The van der Waals surface area contributed by atoms with Gasteiger partial charge in [-0.05, 0) is 51.1 Å². The zero-order valence-electron chi connectivity index (χ0n) is 21.0. The van der Waals surface area contributed by atoms with Crippen LogP contribution >= 0.6 is 11.3 Å². The monoisotopic (exact) mass is 559 g/mol. The molecule has 0 spiro atoms. The van der Waals surface area contributed by atoms with Crippen molar-refractivity contribution in [2.45, 2.75) is 26.4 Å². The maximum Gasteiger partial charge on any atom is 0.425 e.